The molecule has 6 heterocycles. The van der Waals surface area contributed by atoms with E-state index in [1.807, 2.05) is 43.3 Å². The lowest BCUT2D eigenvalue weighted by Gasteiger charge is -2.24. The number of anilines is 2. The number of hydrogen-bond donors (Lipinski definition) is 4. The third-order valence-corrected chi connectivity index (χ3v) is 8.78. The van der Waals surface area contributed by atoms with Crippen molar-refractivity contribution in [3.8, 4) is 11.9 Å². The normalized spacial score (nSPS) is 16.9. The summed E-state index contributed by atoms with van der Waals surface area (Å²) in [5.74, 6) is -0.305. The van der Waals surface area contributed by atoms with Crippen LogP contribution in [0.2, 0.25) is 0 Å². The summed E-state index contributed by atoms with van der Waals surface area (Å²) in [4.78, 5) is 40.7. The third-order valence-electron chi connectivity index (χ3n) is 8.78. The quantitative estimate of drug-likeness (QED) is 0.170. The summed E-state index contributed by atoms with van der Waals surface area (Å²) in [5, 5.41) is 20.3. The molecule has 2 aliphatic rings. The number of morpholine rings is 2. The van der Waals surface area contributed by atoms with Crippen molar-refractivity contribution in [2.75, 3.05) is 50.0 Å². The minimum atomic E-state index is -4.52. The lowest BCUT2D eigenvalue weighted by Crippen LogP contribution is -2.33. The molecule has 4 N–H and O–H groups in total. The van der Waals surface area contributed by atoms with Crippen LogP contribution in [0.15, 0.2) is 98.0 Å². The first kappa shape index (κ1) is 38.8. The van der Waals surface area contributed by atoms with Gasteiger partial charge in [-0.3, -0.25) is 9.59 Å². The number of ether oxygens (including phenoxy) is 2. The molecule has 0 aliphatic carbocycles. The summed E-state index contributed by atoms with van der Waals surface area (Å²) < 4.78 is 51.9. The Morgan fingerprint density at radius 1 is 0.702 bits per heavy atom. The van der Waals surface area contributed by atoms with E-state index in [1.54, 1.807) is 30.6 Å². The Labute approximate surface area is 323 Å². The molecular formula is C38H37F3N12O4. The van der Waals surface area contributed by atoms with Gasteiger partial charge in [0, 0.05) is 74.2 Å². The highest BCUT2D eigenvalue weighted by atomic mass is 19.4. The van der Waals surface area contributed by atoms with E-state index in [2.05, 4.69) is 51.4 Å². The van der Waals surface area contributed by atoms with Crippen LogP contribution in [0, 0.1) is 6.92 Å². The average Bonchev–Trinajstić information content (AvgIpc) is 3.94. The average molecular weight is 783 g/mol. The van der Waals surface area contributed by atoms with E-state index in [1.165, 1.54) is 23.3 Å². The van der Waals surface area contributed by atoms with E-state index < -0.39 is 17.6 Å². The smallest absolute Gasteiger partial charge is 0.371 e. The van der Waals surface area contributed by atoms with Gasteiger partial charge in [-0.05, 0) is 48.4 Å². The topological polar surface area (TPSA) is 188 Å². The Morgan fingerprint density at radius 3 is 1.63 bits per heavy atom. The van der Waals surface area contributed by atoms with E-state index in [0.29, 0.717) is 48.5 Å². The van der Waals surface area contributed by atoms with Gasteiger partial charge in [-0.2, -0.15) is 23.4 Å². The highest BCUT2D eigenvalue weighted by Crippen LogP contribution is 2.28. The number of aryl methyl sites for hydroxylation is 1. The van der Waals surface area contributed by atoms with Gasteiger partial charge in [0.25, 0.3) is 17.8 Å². The molecule has 2 atom stereocenters. The number of nitrogens with one attached hydrogen (secondary N) is 4. The number of rotatable bonds is 8. The molecule has 0 spiro atoms. The van der Waals surface area contributed by atoms with Crippen LogP contribution in [0.1, 0.15) is 55.3 Å². The Morgan fingerprint density at radius 2 is 1.19 bits per heavy atom. The number of benzene rings is 2. The van der Waals surface area contributed by atoms with Gasteiger partial charge in [-0.1, -0.05) is 24.3 Å². The van der Waals surface area contributed by atoms with Gasteiger partial charge in [0.2, 0.25) is 5.95 Å². The SMILES string of the molecule is Cc1ccnc(-n2cc(C(=O)Nc3ccc([C@H]4CNCCO4)cc3)cn2)n1.O=C(Nc1ccc([C@H]2CNCCO2)cc1)c1cnn(-c2ncc(C(F)(F)F)cn2)c1. The molecule has 6 aromatic rings. The van der Waals surface area contributed by atoms with Gasteiger partial charge in [0.1, 0.15) is 0 Å². The van der Waals surface area contributed by atoms with E-state index in [9.17, 15) is 22.8 Å². The van der Waals surface area contributed by atoms with Gasteiger partial charge in [0.15, 0.2) is 0 Å². The van der Waals surface area contributed by atoms with Crippen LogP contribution in [-0.4, -0.2) is 90.7 Å². The fourth-order valence-electron chi connectivity index (χ4n) is 5.76. The van der Waals surface area contributed by atoms with Crippen LogP contribution < -0.4 is 21.3 Å². The second-order valence-electron chi connectivity index (χ2n) is 12.9. The van der Waals surface area contributed by atoms with E-state index >= 15 is 0 Å². The van der Waals surface area contributed by atoms with E-state index in [-0.39, 0.29) is 29.6 Å². The highest BCUT2D eigenvalue weighted by molar-refractivity contribution is 6.04. The maximum atomic E-state index is 12.6. The molecule has 2 amide bonds. The number of aromatic nitrogens is 8. The molecule has 57 heavy (non-hydrogen) atoms. The van der Waals surface area contributed by atoms with Crippen molar-refractivity contribution in [2.24, 2.45) is 0 Å². The van der Waals surface area contributed by atoms with Crippen LogP contribution in [0.4, 0.5) is 24.5 Å². The highest BCUT2D eigenvalue weighted by Gasteiger charge is 2.31. The van der Waals surface area contributed by atoms with Crippen molar-refractivity contribution < 1.29 is 32.2 Å². The molecule has 2 aromatic carbocycles. The molecular weight excluding hydrogens is 745 g/mol. The van der Waals surface area contributed by atoms with Crippen molar-refractivity contribution >= 4 is 23.2 Å². The lowest BCUT2D eigenvalue weighted by atomic mass is 10.1. The van der Waals surface area contributed by atoms with Crippen molar-refractivity contribution in [1.29, 1.82) is 0 Å². The van der Waals surface area contributed by atoms with Crippen molar-refractivity contribution in [3.63, 3.8) is 0 Å². The molecule has 8 rings (SSSR count). The van der Waals surface area contributed by atoms with Gasteiger partial charge >= 0.3 is 6.18 Å². The Bertz CT molecular complexity index is 2270. The number of nitrogens with zero attached hydrogens (tertiary/aromatic N) is 8. The molecule has 4 aromatic heterocycles. The molecule has 2 saturated heterocycles. The summed E-state index contributed by atoms with van der Waals surface area (Å²) >= 11 is 0. The number of carbonyl (C=O) groups is 2. The molecule has 0 saturated carbocycles. The predicted octanol–water partition coefficient (Wildman–Crippen LogP) is 4.48. The maximum Gasteiger partial charge on any atom is 0.419 e. The predicted molar refractivity (Wildman–Crippen MR) is 200 cm³/mol. The second kappa shape index (κ2) is 17.6. The summed E-state index contributed by atoms with van der Waals surface area (Å²) in [6, 6.07) is 16.8. The minimum Gasteiger partial charge on any atom is -0.371 e. The largest absolute Gasteiger partial charge is 0.419 e. The molecule has 0 radical (unpaired) electrons. The summed E-state index contributed by atoms with van der Waals surface area (Å²) in [5.41, 5.74) is 3.91. The Kier molecular flexibility index (Phi) is 12.0. The molecule has 2 fully saturated rings. The van der Waals surface area contributed by atoms with Crippen LogP contribution >= 0.6 is 0 Å². The number of alkyl halides is 3. The Balaban J connectivity index is 0.000000175. The zero-order valence-corrected chi connectivity index (χ0v) is 30.5. The molecule has 19 heteroatoms. The third kappa shape index (κ3) is 10.1. The molecule has 0 bridgehead atoms. The standard InChI is InChI=1S/C19H17F3N6O2.C19H20N6O2/c20-19(21,22)14-8-24-18(25-9-14)28-11-13(7-26-28)17(29)27-15-3-1-12(2-4-15)16-10-23-5-6-30-16;1-13-6-7-21-19(23-13)25-12-15(10-22-25)18(26)24-16-4-2-14(3-5-16)17-11-20-8-9-27-17/h1-4,7-9,11,16,23H,5-6,10H2,(H,27,29);2-7,10,12,17,20H,8-9,11H2,1H3,(H,24,26)/t16-;17-/m11/s1. The monoisotopic (exact) mass is 782 g/mol. The van der Waals surface area contributed by atoms with Crippen molar-refractivity contribution in [3.05, 3.63) is 131 Å². The van der Waals surface area contributed by atoms with Crippen molar-refractivity contribution in [2.45, 2.75) is 25.3 Å². The van der Waals surface area contributed by atoms with Gasteiger partial charge in [0.05, 0.1) is 54.5 Å². The molecule has 16 nitrogen and oxygen atoms in total. The van der Waals surface area contributed by atoms with Gasteiger partial charge in [-0.15, -0.1) is 0 Å². The van der Waals surface area contributed by atoms with Crippen LogP contribution in [0.5, 0.6) is 0 Å². The Hall–Kier alpha value is -6.41. The molecule has 2 aliphatic heterocycles. The van der Waals surface area contributed by atoms with Crippen LogP contribution in [-0.2, 0) is 15.7 Å². The maximum absolute atomic E-state index is 12.6. The van der Waals surface area contributed by atoms with Crippen LogP contribution in [0.25, 0.3) is 11.9 Å². The van der Waals surface area contributed by atoms with Gasteiger partial charge < -0.3 is 30.7 Å². The number of carbonyl (C=O) groups excluding carboxylic acids is 2. The van der Waals surface area contributed by atoms with E-state index in [0.717, 1.165) is 47.7 Å². The zero-order valence-electron chi connectivity index (χ0n) is 30.5. The van der Waals surface area contributed by atoms with E-state index in [4.69, 9.17) is 9.47 Å². The molecule has 294 valence electrons. The van der Waals surface area contributed by atoms with Gasteiger partial charge in [-0.25, -0.2) is 29.3 Å². The number of amides is 2. The van der Waals surface area contributed by atoms with Crippen molar-refractivity contribution in [1.82, 2.24) is 50.1 Å². The first-order chi connectivity index (χ1) is 27.6. The second-order valence-corrected chi connectivity index (χ2v) is 12.9. The van der Waals surface area contributed by atoms with Crippen LogP contribution in [0.3, 0.4) is 0 Å². The summed E-state index contributed by atoms with van der Waals surface area (Å²) in [6.45, 7) is 6.47. The fourth-order valence-corrected chi connectivity index (χ4v) is 5.76. The zero-order chi connectivity index (χ0) is 39.8. The summed E-state index contributed by atoms with van der Waals surface area (Å²) in [7, 11) is 0. The fraction of sp³-hybridized carbons (Fsp3) is 0.263. The summed E-state index contributed by atoms with van der Waals surface area (Å²) in [6.07, 6.45) is 4.22. The number of hydrogen-bond acceptors (Lipinski definition) is 12. The first-order valence-electron chi connectivity index (χ1n) is 17.9. The minimum absolute atomic E-state index is 0.0227. The molecule has 0 unspecified atom stereocenters. The number of halogens is 3. The first-order valence-corrected chi connectivity index (χ1v) is 17.9. The lowest BCUT2D eigenvalue weighted by molar-refractivity contribution is -0.138.